The average Bonchev–Trinajstić information content (AvgIpc) is 3.25. The molecule has 2 aromatic rings. The van der Waals surface area contributed by atoms with Crippen LogP contribution in [-0.4, -0.2) is 62.3 Å². The number of nitrogens with one attached hydrogen (secondary N) is 2. The van der Waals surface area contributed by atoms with Gasteiger partial charge >= 0.3 is 12.0 Å². The maximum absolute atomic E-state index is 14.0. The lowest BCUT2D eigenvalue weighted by atomic mass is 9.86. The van der Waals surface area contributed by atoms with Gasteiger partial charge in [-0.3, -0.25) is 9.59 Å². The van der Waals surface area contributed by atoms with Gasteiger partial charge in [-0.15, -0.1) is 0 Å². The number of carboxylic acid groups (broad SMARTS) is 1. The highest BCUT2D eigenvalue weighted by atomic mass is 16.4. The van der Waals surface area contributed by atoms with Crippen LogP contribution in [0.5, 0.6) is 0 Å². The summed E-state index contributed by atoms with van der Waals surface area (Å²) in [6.45, 7) is 9.63. The molecule has 0 bridgehead atoms. The van der Waals surface area contributed by atoms with E-state index in [4.69, 9.17) is 0 Å². The van der Waals surface area contributed by atoms with Crippen LogP contribution in [0.3, 0.4) is 0 Å². The molecule has 1 saturated heterocycles. The van der Waals surface area contributed by atoms with Gasteiger partial charge < -0.3 is 20.3 Å². The lowest BCUT2D eigenvalue weighted by Crippen LogP contribution is -2.54. The molecule has 188 valence electrons. The fourth-order valence-electron chi connectivity index (χ4n) is 5.43. The Bertz CT molecular complexity index is 1190. The number of urea groups is 1. The van der Waals surface area contributed by atoms with E-state index in [1.54, 1.807) is 6.92 Å². The number of aromatic amines is 1. The average molecular weight is 483 g/mol. The number of imide groups is 1. The lowest BCUT2D eigenvalue weighted by Gasteiger charge is -2.36. The molecule has 0 saturated carbocycles. The maximum Gasteiger partial charge on any atom is 0.328 e. The molecule has 1 aromatic carbocycles. The van der Waals surface area contributed by atoms with Gasteiger partial charge in [-0.2, -0.15) is 0 Å². The zero-order valence-corrected chi connectivity index (χ0v) is 20.9. The molecular weight excluding hydrogens is 448 g/mol. The summed E-state index contributed by atoms with van der Waals surface area (Å²) in [6.07, 6.45) is 1.08. The molecule has 0 spiro atoms. The van der Waals surface area contributed by atoms with Gasteiger partial charge in [0.1, 0.15) is 12.1 Å². The zero-order chi connectivity index (χ0) is 25.7. The Morgan fingerprint density at radius 3 is 2.40 bits per heavy atom. The third-order valence-corrected chi connectivity index (χ3v) is 7.13. The van der Waals surface area contributed by atoms with Crippen molar-refractivity contribution in [3.8, 4) is 0 Å². The molecule has 1 fully saturated rings. The summed E-state index contributed by atoms with van der Waals surface area (Å²) < 4.78 is 0. The van der Waals surface area contributed by atoms with E-state index in [1.807, 2.05) is 52.0 Å². The fourth-order valence-corrected chi connectivity index (χ4v) is 5.43. The van der Waals surface area contributed by atoms with Gasteiger partial charge in [0, 0.05) is 17.4 Å². The van der Waals surface area contributed by atoms with E-state index < -0.39 is 41.4 Å². The Kier molecular flexibility index (Phi) is 6.38. The van der Waals surface area contributed by atoms with Gasteiger partial charge in [-0.25, -0.2) is 14.5 Å². The first-order valence-corrected chi connectivity index (χ1v) is 12.2. The third kappa shape index (κ3) is 4.06. The van der Waals surface area contributed by atoms with E-state index in [9.17, 15) is 24.3 Å². The summed E-state index contributed by atoms with van der Waals surface area (Å²) >= 11 is 0. The molecule has 2 aliphatic heterocycles. The molecule has 0 aliphatic carbocycles. The lowest BCUT2D eigenvalue weighted by molar-refractivity contribution is -0.144. The SMILES string of the molecule is CC(C)C[C@H](C(=O)N[C@H](CC(C)C)C(=O)O)N1C(=O)N2CCc3c([nH]c4ccccc34)[C@@]2(C)C1=O. The van der Waals surface area contributed by atoms with Crippen molar-refractivity contribution in [2.75, 3.05) is 6.54 Å². The Balaban J connectivity index is 1.72. The summed E-state index contributed by atoms with van der Waals surface area (Å²) in [6, 6.07) is 5.09. The van der Waals surface area contributed by atoms with E-state index in [0.29, 0.717) is 18.7 Å². The van der Waals surface area contributed by atoms with Crippen LogP contribution in [0.2, 0.25) is 0 Å². The second-order valence-corrected chi connectivity index (χ2v) is 10.6. The van der Waals surface area contributed by atoms with Crippen LogP contribution in [0, 0.1) is 11.8 Å². The topological polar surface area (TPSA) is 123 Å². The number of carbonyl (C=O) groups excluding carboxylic acids is 3. The molecule has 0 unspecified atom stereocenters. The molecule has 3 atom stereocenters. The minimum Gasteiger partial charge on any atom is -0.480 e. The largest absolute Gasteiger partial charge is 0.480 e. The molecule has 0 radical (unpaired) electrons. The van der Waals surface area contributed by atoms with Gasteiger partial charge in [0.15, 0.2) is 5.54 Å². The number of carbonyl (C=O) groups is 4. The highest BCUT2D eigenvalue weighted by Crippen LogP contribution is 2.45. The molecule has 3 heterocycles. The number of carboxylic acids is 1. The number of rotatable bonds is 8. The third-order valence-electron chi connectivity index (χ3n) is 7.13. The number of aromatic nitrogens is 1. The van der Waals surface area contributed by atoms with Crippen molar-refractivity contribution >= 4 is 34.7 Å². The van der Waals surface area contributed by atoms with Crippen LogP contribution in [0.15, 0.2) is 24.3 Å². The van der Waals surface area contributed by atoms with E-state index in [1.165, 1.54) is 4.90 Å². The van der Waals surface area contributed by atoms with Gasteiger partial charge in [0.05, 0.1) is 5.69 Å². The van der Waals surface area contributed by atoms with E-state index in [-0.39, 0.29) is 24.7 Å². The highest BCUT2D eigenvalue weighted by molar-refractivity contribution is 6.11. The van der Waals surface area contributed by atoms with Crippen LogP contribution in [0.4, 0.5) is 4.79 Å². The smallest absolute Gasteiger partial charge is 0.328 e. The molecular formula is C26H34N4O5. The van der Waals surface area contributed by atoms with Crippen molar-refractivity contribution in [2.45, 2.75) is 71.5 Å². The summed E-state index contributed by atoms with van der Waals surface area (Å²) in [5.74, 6) is -2.18. The van der Waals surface area contributed by atoms with Gasteiger partial charge in [0.25, 0.3) is 5.91 Å². The number of amides is 4. The van der Waals surface area contributed by atoms with Crippen LogP contribution < -0.4 is 5.32 Å². The summed E-state index contributed by atoms with van der Waals surface area (Å²) in [7, 11) is 0. The van der Waals surface area contributed by atoms with Gasteiger partial charge in [-0.1, -0.05) is 45.9 Å². The van der Waals surface area contributed by atoms with Crippen molar-refractivity contribution in [3.63, 3.8) is 0 Å². The van der Waals surface area contributed by atoms with Gasteiger partial charge in [0.2, 0.25) is 5.91 Å². The fraction of sp³-hybridized carbons (Fsp3) is 0.538. The first kappa shape index (κ1) is 24.8. The molecule has 3 N–H and O–H groups in total. The van der Waals surface area contributed by atoms with Gasteiger partial charge in [-0.05, 0) is 49.7 Å². The normalized spacial score (nSPS) is 21.5. The summed E-state index contributed by atoms with van der Waals surface area (Å²) in [5.41, 5.74) is 1.32. The Labute approximate surface area is 204 Å². The van der Waals surface area contributed by atoms with Crippen LogP contribution in [-0.2, 0) is 26.3 Å². The predicted molar refractivity (Wildman–Crippen MR) is 131 cm³/mol. The number of hydrogen-bond donors (Lipinski definition) is 3. The zero-order valence-electron chi connectivity index (χ0n) is 20.9. The minimum absolute atomic E-state index is 0.00574. The standard InChI is InChI=1S/C26H34N4O5/c1-14(2)12-19(23(32)33)28-22(31)20(13-15(3)4)30-24(34)26(5)21-17(10-11-29(26)25(30)35)16-8-6-7-9-18(16)27-21/h6-9,14-15,19-20,27H,10-13H2,1-5H3,(H,28,31)(H,32,33)/t19-,20-,26+/m1/s1. The Hall–Kier alpha value is -3.36. The van der Waals surface area contributed by atoms with Crippen molar-refractivity contribution in [1.29, 1.82) is 0 Å². The van der Waals surface area contributed by atoms with Crippen molar-refractivity contribution in [2.24, 2.45) is 11.8 Å². The Morgan fingerprint density at radius 2 is 1.77 bits per heavy atom. The Morgan fingerprint density at radius 1 is 1.11 bits per heavy atom. The van der Waals surface area contributed by atoms with E-state index in [2.05, 4.69) is 10.3 Å². The molecule has 1 aromatic heterocycles. The molecule has 2 aliphatic rings. The summed E-state index contributed by atoms with van der Waals surface area (Å²) in [4.78, 5) is 58.7. The van der Waals surface area contributed by atoms with E-state index >= 15 is 0 Å². The number of H-pyrrole nitrogens is 1. The summed E-state index contributed by atoms with van der Waals surface area (Å²) in [5, 5.41) is 13.2. The number of para-hydroxylation sites is 1. The molecule has 9 nitrogen and oxygen atoms in total. The van der Waals surface area contributed by atoms with Crippen LogP contribution in [0.1, 0.15) is 58.7 Å². The maximum atomic E-state index is 14.0. The number of fused-ring (bicyclic) bond motifs is 5. The number of nitrogens with zero attached hydrogens (tertiary/aromatic N) is 2. The van der Waals surface area contributed by atoms with Crippen molar-refractivity contribution in [1.82, 2.24) is 20.1 Å². The second-order valence-electron chi connectivity index (χ2n) is 10.6. The number of aliphatic carboxylic acids is 1. The van der Waals surface area contributed by atoms with Crippen LogP contribution >= 0.6 is 0 Å². The number of hydrogen-bond acceptors (Lipinski definition) is 4. The van der Waals surface area contributed by atoms with E-state index in [0.717, 1.165) is 21.4 Å². The van der Waals surface area contributed by atoms with Crippen LogP contribution in [0.25, 0.3) is 10.9 Å². The second kappa shape index (κ2) is 9.02. The minimum atomic E-state index is -1.26. The first-order chi connectivity index (χ1) is 16.5. The molecule has 35 heavy (non-hydrogen) atoms. The molecule has 4 rings (SSSR count). The monoisotopic (exact) mass is 482 g/mol. The number of benzene rings is 1. The van der Waals surface area contributed by atoms with Crippen molar-refractivity contribution in [3.05, 3.63) is 35.5 Å². The molecule has 4 amide bonds. The first-order valence-electron chi connectivity index (χ1n) is 12.2. The quantitative estimate of drug-likeness (QED) is 0.499. The van der Waals surface area contributed by atoms with Crippen molar-refractivity contribution < 1.29 is 24.3 Å². The highest BCUT2D eigenvalue weighted by Gasteiger charge is 2.60. The predicted octanol–water partition coefficient (Wildman–Crippen LogP) is 3.23. The molecule has 9 heteroatoms.